The Morgan fingerprint density at radius 2 is 1.94 bits per heavy atom. The first kappa shape index (κ1) is 12.8. The van der Waals surface area contributed by atoms with Crippen molar-refractivity contribution in [3.63, 3.8) is 0 Å². The van der Waals surface area contributed by atoms with E-state index in [0.29, 0.717) is 17.7 Å². The van der Waals surface area contributed by atoms with Crippen molar-refractivity contribution in [3.8, 4) is 0 Å². The van der Waals surface area contributed by atoms with Crippen molar-refractivity contribution in [2.75, 3.05) is 0 Å². The first-order valence-electron chi connectivity index (χ1n) is 6.33. The molecule has 2 N–H and O–H groups in total. The molecule has 0 aliphatic carbocycles. The van der Waals surface area contributed by atoms with Crippen LogP contribution in [0.4, 0.5) is 0 Å². The lowest BCUT2D eigenvalue weighted by molar-refractivity contribution is 0.376. The fourth-order valence-corrected chi connectivity index (χ4v) is 2.09. The molecular formula is C14H19N3O. The molecule has 0 saturated heterocycles. The van der Waals surface area contributed by atoms with Gasteiger partial charge in [0.05, 0.1) is 12.5 Å². The van der Waals surface area contributed by atoms with Crippen LogP contribution >= 0.6 is 0 Å². The minimum Gasteiger partial charge on any atom is -0.423 e. The van der Waals surface area contributed by atoms with E-state index in [-0.39, 0.29) is 12.5 Å². The summed E-state index contributed by atoms with van der Waals surface area (Å²) in [6, 6.07) is 10.3. The van der Waals surface area contributed by atoms with Gasteiger partial charge in [0.15, 0.2) is 0 Å². The number of nitrogens with two attached hydrogens (primary N) is 1. The molecule has 0 amide bonds. The Balaban J connectivity index is 2.37. The van der Waals surface area contributed by atoms with Gasteiger partial charge in [-0.3, -0.25) is 0 Å². The van der Waals surface area contributed by atoms with E-state index in [1.807, 2.05) is 18.2 Å². The second-order valence-corrected chi connectivity index (χ2v) is 4.51. The molecule has 1 aromatic heterocycles. The summed E-state index contributed by atoms with van der Waals surface area (Å²) < 4.78 is 5.63. The van der Waals surface area contributed by atoms with Crippen LogP contribution in [0.3, 0.4) is 0 Å². The van der Waals surface area contributed by atoms with Crippen molar-refractivity contribution in [3.05, 3.63) is 47.7 Å². The molecule has 0 aliphatic rings. The third kappa shape index (κ3) is 2.59. The molecule has 2 aromatic rings. The lowest BCUT2D eigenvalue weighted by Crippen LogP contribution is -2.11. The quantitative estimate of drug-likeness (QED) is 0.879. The molecule has 96 valence electrons. The van der Waals surface area contributed by atoms with Crippen LogP contribution in [0.5, 0.6) is 0 Å². The van der Waals surface area contributed by atoms with E-state index >= 15 is 0 Å². The van der Waals surface area contributed by atoms with Crippen LogP contribution in [-0.4, -0.2) is 10.2 Å². The second kappa shape index (κ2) is 5.78. The summed E-state index contributed by atoms with van der Waals surface area (Å²) in [6.45, 7) is 4.65. The first-order chi connectivity index (χ1) is 8.76. The Morgan fingerprint density at radius 1 is 1.22 bits per heavy atom. The van der Waals surface area contributed by atoms with Gasteiger partial charge in [0.2, 0.25) is 11.8 Å². The Morgan fingerprint density at radius 3 is 2.50 bits per heavy atom. The van der Waals surface area contributed by atoms with Crippen molar-refractivity contribution < 1.29 is 4.42 Å². The highest BCUT2D eigenvalue weighted by Gasteiger charge is 2.25. The monoisotopic (exact) mass is 245 g/mol. The molecule has 1 aromatic carbocycles. The molecular weight excluding hydrogens is 226 g/mol. The lowest BCUT2D eigenvalue weighted by Gasteiger charge is -2.19. The van der Waals surface area contributed by atoms with Gasteiger partial charge < -0.3 is 10.2 Å². The van der Waals surface area contributed by atoms with Crippen molar-refractivity contribution in [2.24, 2.45) is 11.7 Å². The molecule has 1 heterocycles. The predicted octanol–water partition coefficient (Wildman–Crippen LogP) is 2.71. The standard InChI is InChI=1S/C14H19N3O/c1-3-10(2)13(11-7-5-4-6-8-11)14-17-16-12(9-15)18-14/h4-8,10,13H,3,9,15H2,1-2H3. The summed E-state index contributed by atoms with van der Waals surface area (Å²) in [7, 11) is 0. The zero-order valence-electron chi connectivity index (χ0n) is 10.8. The van der Waals surface area contributed by atoms with Crippen molar-refractivity contribution >= 4 is 0 Å². The highest BCUT2D eigenvalue weighted by Crippen LogP contribution is 2.32. The van der Waals surface area contributed by atoms with E-state index in [2.05, 4.69) is 36.2 Å². The minimum atomic E-state index is 0.143. The molecule has 18 heavy (non-hydrogen) atoms. The fraction of sp³-hybridized carbons (Fsp3) is 0.429. The maximum atomic E-state index is 5.63. The summed E-state index contributed by atoms with van der Waals surface area (Å²) in [5.74, 6) is 1.74. The number of benzene rings is 1. The molecule has 2 unspecified atom stereocenters. The zero-order chi connectivity index (χ0) is 13.0. The van der Waals surface area contributed by atoms with Crippen LogP contribution in [-0.2, 0) is 6.54 Å². The Labute approximate surface area is 107 Å². The Hall–Kier alpha value is -1.68. The van der Waals surface area contributed by atoms with E-state index in [0.717, 1.165) is 6.42 Å². The molecule has 0 fully saturated rings. The molecule has 0 saturated carbocycles. The molecule has 0 bridgehead atoms. The summed E-state index contributed by atoms with van der Waals surface area (Å²) >= 11 is 0. The van der Waals surface area contributed by atoms with E-state index in [1.165, 1.54) is 5.56 Å². The summed E-state index contributed by atoms with van der Waals surface area (Å²) in [6.07, 6.45) is 1.06. The van der Waals surface area contributed by atoms with Gasteiger partial charge in [-0.05, 0) is 11.5 Å². The van der Waals surface area contributed by atoms with E-state index in [1.54, 1.807) is 0 Å². The van der Waals surface area contributed by atoms with Crippen molar-refractivity contribution in [1.82, 2.24) is 10.2 Å². The van der Waals surface area contributed by atoms with E-state index in [9.17, 15) is 0 Å². The molecule has 4 nitrogen and oxygen atoms in total. The van der Waals surface area contributed by atoms with Crippen LogP contribution in [0.15, 0.2) is 34.7 Å². The van der Waals surface area contributed by atoms with Crippen LogP contribution in [0, 0.1) is 5.92 Å². The topological polar surface area (TPSA) is 64.9 Å². The number of nitrogens with zero attached hydrogens (tertiary/aromatic N) is 2. The van der Waals surface area contributed by atoms with Crippen LogP contribution in [0.1, 0.15) is 43.5 Å². The van der Waals surface area contributed by atoms with Gasteiger partial charge in [0.1, 0.15) is 0 Å². The highest BCUT2D eigenvalue weighted by molar-refractivity contribution is 5.25. The van der Waals surface area contributed by atoms with Crippen LogP contribution in [0.2, 0.25) is 0 Å². The second-order valence-electron chi connectivity index (χ2n) is 4.51. The van der Waals surface area contributed by atoms with Crippen LogP contribution < -0.4 is 5.73 Å². The third-order valence-electron chi connectivity index (χ3n) is 3.29. The largest absolute Gasteiger partial charge is 0.423 e. The van der Waals surface area contributed by atoms with Gasteiger partial charge in [-0.1, -0.05) is 50.6 Å². The average Bonchev–Trinajstić information content (AvgIpc) is 2.88. The van der Waals surface area contributed by atoms with Crippen LogP contribution in [0.25, 0.3) is 0 Å². The molecule has 4 heteroatoms. The van der Waals surface area contributed by atoms with Gasteiger partial charge in [-0.25, -0.2) is 0 Å². The molecule has 0 aliphatic heterocycles. The van der Waals surface area contributed by atoms with Crippen molar-refractivity contribution in [2.45, 2.75) is 32.7 Å². The average molecular weight is 245 g/mol. The van der Waals surface area contributed by atoms with Gasteiger partial charge >= 0.3 is 0 Å². The summed E-state index contributed by atoms with van der Waals surface area (Å²) in [5.41, 5.74) is 6.72. The molecule has 0 spiro atoms. The fourth-order valence-electron chi connectivity index (χ4n) is 2.09. The van der Waals surface area contributed by atoms with Gasteiger partial charge in [-0.15, -0.1) is 10.2 Å². The van der Waals surface area contributed by atoms with Gasteiger partial charge in [0, 0.05) is 0 Å². The molecule has 2 atom stereocenters. The first-order valence-corrected chi connectivity index (χ1v) is 6.33. The minimum absolute atomic E-state index is 0.143. The maximum Gasteiger partial charge on any atom is 0.230 e. The summed E-state index contributed by atoms with van der Waals surface area (Å²) in [5, 5.41) is 8.09. The molecule has 0 radical (unpaired) electrons. The highest BCUT2D eigenvalue weighted by atomic mass is 16.4. The number of aromatic nitrogens is 2. The maximum absolute atomic E-state index is 5.63. The van der Waals surface area contributed by atoms with Gasteiger partial charge in [-0.2, -0.15) is 0 Å². The number of hydrogen-bond acceptors (Lipinski definition) is 4. The van der Waals surface area contributed by atoms with E-state index in [4.69, 9.17) is 10.2 Å². The zero-order valence-corrected chi connectivity index (χ0v) is 10.8. The Kier molecular flexibility index (Phi) is 4.10. The SMILES string of the molecule is CCC(C)C(c1ccccc1)c1nnc(CN)o1. The number of hydrogen-bond donors (Lipinski definition) is 1. The predicted molar refractivity (Wildman–Crippen MR) is 69.9 cm³/mol. The normalized spacial score (nSPS) is 14.4. The summed E-state index contributed by atoms with van der Waals surface area (Å²) in [4.78, 5) is 0. The van der Waals surface area contributed by atoms with Crippen molar-refractivity contribution in [1.29, 1.82) is 0 Å². The smallest absolute Gasteiger partial charge is 0.230 e. The van der Waals surface area contributed by atoms with E-state index < -0.39 is 0 Å². The Bertz CT molecular complexity index is 481. The third-order valence-corrected chi connectivity index (χ3v) is 3.29. The van der Waals surface area contributed by atoms with Gasteiger partial charge in [0.25, 0.3) is 0 Å². The molecule has 2 rings (SSSR count). The lowest BCUT2D eigenvalue weighted by atomic mass is 9.85. The number of rotatable bonds is 5.